The zero-order chi connectivity index (χ0) is 21.3. The fraction of sp³-hybridized carbons (Fsp3) is 1.00. The number of ether oxygens (including phenoxy) is 1. The predicted octanol–water partition coefficient (Wildman–Crippen LogP) is 8.76. The van der Waals surface area contributed by atoms with Gasteiger partial charge in [-0.05, 0) is 63.2 Å². The maximum absolute atomic E-state index is 6.57. The Morgan fingerprint density at radius 3 is 1.20 bits per heavy atom. The summed E-state index contributed by atoms with van der Waals surface area (Å²) < 4.78 is 6.57. The average Bonchev–Trinajstić information content (AvgIpc) is 2.36. The van der Waals surface area contributed by atoms with Crippen LogP contribution in [0.3, 0.4) is 0 Å². The molecule has 0 heterocycles. The van der Waals surface area contributed by atoms with Crippen molar-refractivity contribution < 1.29 is 4.74 Å². The summed E-state index contributed by atoms with van der Waals surface area (Å²) in [6.45, 7) is 35.6. The lowest BCUT2D eigenvalue weighted by Gasteiger charge is -2.45. The quantitative estimate of drug-likeness (QED) is 0.442. The summed E-state index contributed by atoms with van der Waals surface area (Å²) in [6, 6.07) is 0. The predicted molar refractivity (Wildman–Crippen MR) is 118 cm³/mol. The van der Waals surface area contributed by atoms with Crippen LogP contribution >= 0.6 is 0 Å². The van der Waals surface area contributed by atoms with Crippen LogP contribution in [0.4, 0.5) is 0 Å². The van der Waals surface area contributed by atoms with Gasteiger partial charge in [0.25, 0.3) is 0 Å². The highest BCUT2D eigenvalue weighted by Crippen LogP contribution is 2.42. The van der Waals surface area contributed by atoms with E-state index in [9.17, 15) is 0 Å². The SMILES string of the molecule is CC.CC.CC(C)C(C)C(C)(C)CC(C)(C)OC(C)(C)CC(C)(C)C. The van der Waals surface area contributed by atoms with Gasteiger partial charge in [-0.2, -0.15) is 0 Å². The molecular formula is C24H54O. The van der Waals surface area contributed by atoms with Gasteiger partial charge in [0.1, 0.15) is 0 Å². The van der Waals surface area contributed by atoms with Crippen molar-refractivity contribution in [1.82, 2.24) is 0 Å². The van der Waals surface area contributed by atoms with Crippen molar-refractivity contribution in [3.05, 3.63) is 0 Å². The molecule has 0 rings (SSSR count). The molecular weight excluding hydrogens is 304 g/mol. The van der Waals surface area contributed by atoms with Crippen molar-refractivity contribution in [3.63, 3.8) is 0 Å². The molecule has 0 aliphatic rings. The van der Waals surface area contributed by atoms with E-state index in [-0.39, 0.29) is 16.6 Å². The molecule has 1 unspecified atom stereocenters. The van der Waals surface area contributed by atoms with E-state index in [1.165, 1.54) is 0 Å². The molecule has 0 bridgehead atoms. The molecule has 0 fully saturated rings. The van der Waals surface area contributed by atoms with Crippen molar-refractivity contribution >= 4 is 0 Å². The molecule has 25 heavy (non-hydrogen) atoms. The Morgan fingerprint density at radius 1 is 0.600 bits per heavy atom. The third-order valence-corrected chi connectivity index (χ3v) is 4.62. The number of hydrogen-bond acceptors (Lipinski definition) is 1. The summed E-state index contributed by atoms with van der Waals surface area (Å²) in [6.07, 6.45) is 2.16. The van der Waals surface area contributed by atoms with Crippen molar-refractivity contribution in [2.24, 2.45) is 22.7 Å². The second-order valence-corrected chi connectivity index (χ2v) is 10.6. The lowest BCUT2D eigenvalue weighted by atomic mass is 9.68. The standard InChI is InChI=1S/C20H42O.2C2H6/c1-15(2)16(3)18(7,8)14-20(11,12)21-19(9,10)13-17(4,5)6;2*1-2/h15-16H,13-14H2,1-12H3;2*1-2H3. The van der Waals surface area contributed by atoms with Gasteiger partial charge in [-0.3, -0.25) is 0 Å². The lowest BCUT2D eigenvalue weighted by molar-refractivity contribution is -0.154. The summed E-state index contributed by atoms with van der Waals surface area (Å²) in [5, 5.41) is 0. The van der Waals surface area contributed by atoms with Gasteiger partial charge in [-0.25, -0.2) is 0 Å². The third kappa shape index (κ3) is 14.8. The van der Waals surface area contributed by atoms with Gasteiger partial charge in [0.05, 0.1) is 11.2 Å². The van der Waals surface area contributed by atoms with E-state index in [0.717, 1.165) is 12.8 Å². The minimum atomic E-state index is -0.0958. The Kier molecular flexibility index (Phi) is 13.8. The largest absolute Gasteiger partial charge is 0.370 e. The molecule has 1 heteroatoms. The van der Waals surface area contributed by atoms with Gasteiger partial charge in [0.2, 0.25) is 0 Å². The van der Waals surface area contributed by atoms with E-state index in [1.54, 1.807) is 0 Å². The van der Waals surface area contributed by atoms with Gasteiger partial charge in [0.15, 0.2) is 0 Å². The second kappa shape index (κ2) is 11.6. The molecule has 0 aromatic rings. The zero-order valence-corrected chi connectivity index (χ0v) is 21.0. The normalized spacial score (nSPS) is 14.3. The molecule has 1 atom stereocenters. The lowest BCUT2D eigenvalue weighted by Crippen LogP contribution is -2.43. The van der Waals surface area contributed by atoms with E-state index in [0.29, 0.717) is 17.3 Å². The van der Waals surface area contributed by atoms with E-state index in [1.807, 2.05) is 27.7 Å². The van der Waals surface area contributed by atoms with E-state index in [2.05, 4.69) is 83.1 Å². The molecule has 0 aliphatic heterocycles. The van der Waals surface area contributed by atoms with Crippen molar-refractivity contribution in [2.45, 2.75) is 135 Å². The molecule has 0 radical (unpaired) electrons. The van der Waals surface area contributed by atoms with E-state index in [4.69, 9.17) is 4.74 Å². The third-order valence-electron chi connectivity index (χ3n) is 4.62. The first-order chi connectivity index (χ1) is 11.0. The molecule has 0 aromatic heterocycles. The number of hydrogen-bond donors (Lipinski definition) is 0. The summed E-state index contributed by atoms with van der Waals surface area (Å²) in [5.74, 6) is 1.39. The summed E-state index contributed by atoms with van der Waals surface area (Å²) in [4.78, 5) is 0. The highest BCUT2D eigenvalue weighted by Gasteiger charge is 2.38. The van der Waals surface area contributed by atoms with Crippen LogP contribution in [0.25, 0.3) is 0 Å². The Hall–Kier alpha value is -0.0400. The van der Waals surface area contributed by atoms with Crippen LogP contribution in [-0.2, 0) is 4.74 Å². The fourth-order valence-electron chi connectivity index (χ4n) is 4.26. The minimum Gasteiger partial charge on any atom is -0.370 e. The Labute approximate surface area is 162 Å². The van der Waals surface area contributed by atoms with Crippen LogP contribution in [0.2, 0.25) is 0 Å². The smallest absolute Gasteiger partial charge is 0.0639 e. The Bertz CT molecular complexity index is 315. The van der Waals surface area contributed by atoms with Crippen molar-refractivity contribution in [1.29, 1.82) is 0 Å². The molecule has 0 amide bonds. The van der Waals surface area contributed by atoms with Crippen LogP contribution in [0.1, 0.15) is 124 Å². The maximum atomic E-state index is 6.57. The molecule has 0 saturated heterocycles. The molecule has 0 aromatic carbocycles. The van der Waals surface area contributed by atoms with Crippen LogP contribution in [0.15, 0.2) is 0 Å². The molecule has 0 aliphatic carbocycles. The summed E-state index contributed by atoms with van der Waals surface area (Å²) in [7, 11) is 0. The molecule has 1 nitrogen and oxygen atoms in total. The van der Waals surface area contributed by atoms with E-state index < -0.39 is 0 Å². The van der Waals surface area contributed by atoms with Gasteiger partial charge in [0, 0.05) is 0 Å². The fourth-order valence-corrected chi connectivity index (χ4v) is 4.26. The summed E-state index contributed by atoms with van der Waals surface area (Å²) in [5.41, 5.74) is 0.399. The van der Waals surface area contributed by atoms with Crippen LogP contribution in [0.5, 0.6) is 0 Å². The zero-order valence-electron chi connectivity index (χ0n) is 21.0. The minimum absolute atomic E-state index is 0.0844. The van der Waals surface area contributed by atoms with Gasteiger partial charge < -0.3 is 4.74 Å². The molecule has 0 N–H and O–H groups in total. The van der Waals surface area contributed by atoms with Crippen LogP contribution in [0, 0.1) is 22.7 Å². The Morgan fingerprint density at radius 2 is 0.920 bits per heavy atom. The van der Waals surface area contributed by atoms with Crippen LogP contribution in [-0.4, -0.2) is 11.2 Å². The highest BCUT2D eigenvalue weighted by atomic mass is 16.5. The van der Waals surface area contributed by atoms with E-state index >= 15 is 0 Å². The molecule has 156 valence electrons. The van der Waals surface area contributed by atoms with Gasteiger partial charge in [-0.1, -0.05) is 83.1 Å². The molecule has 0 saturated carbocycles. The van der Waals surface area contributed by atoms with Gasteiger partial charge >= 0.3 is 0 Å². The Balaban J connectivity index is -0.00000112. The van der Waals surface area contributed by atoms with Gasteiger partial charge in [-0.15, -0.1) is 0 Å². The van der Waals surface area contributed by atoms with Crippen molar-refractivity contribution in [3.8, 4) is 0 Å². The average molecular weight is 359 g/mol. The monoisotopic (exact) mass is 358 g/mol. The maximum Gasteiger partial charge on any atom is 0.0639 e. The first-order valence-electron chi connectivity index (χ1n) is 10.7. The first-order valence-corrected chi connectivity index (χ1v) is 10.7. The van der Waals surface area contributed by atoms with Crippen molar-refractivity contribution in [2.75, 3.05) is 0 Å². The second-order valence-electron chi connectivity index (χ2n) is 10.6. The molecule has 0 spiro atoms. The topological polar surface area (TPSA) is 9.23 Å². The highest BCUT2D eigenvalue weighted by molar-refractivity contribution is 4.88. The summed E-state index contributed by atoms with van der Waals surface area (Å²) >= 11 is 0. The number of rotatable bonds is 7. The van der Waals surface area contributed by atoms with Crippen LogP contribution < -0.4 is 0 Å². The first kappa shape index (κ1) is 29.7.